The van der Waals surface area contributed by atoms with Crippen LogP contribution in [0.25, 0.3) is 22.6 Å². The minimum atomic E-state index is -1.08. The Balaban J connectivity index is 1.82. The SMILES string of the molecule is O=C(O)c1ccc2c(=O)n3c(nc2c1)/C(=C\c1ccc([N+](=O)[O-])cc1)CC3. The maximum absolute atomic E-state index is 12.7. The number of aromatic carboxylic acids is 1. The third-order valence-electron chi connectivity index (χ3n) is 4.54. The van der Waals surface area contributed by atoms with Gasteiger partial charge in [-0.25, -0.2) is 9.78 Å². The largest absolute Gasteiger partial charge is 0.478 e. The van der Waals surface area contributed by atoms with Gasteiger partial charge >= 0.3 is 5.97 Å². The van der Waals surface area contributed by atoms with Crippen LogP contribution in [0.1, 0.15) is 28.2 Å². The molecule has 1 aromatic heterocycles. The third kappa shape index (κ3) is 2.86. The summed E-state index contributed by atoms with van der Waals surface area (Å²) in [4.78, 5) is 38.7. The second-order valence-electron chi connectivity index (χ2n) is 6.20. The van der Waals surface area contributed by atoms with Crippen molar-refractivity contribution < 1.29 is 14.8 Å². The average molecular weight is 363 g/mol. The highest BCUT2D eigenvalue weighted by Crippen LogP contribution is 2.28. The Labute approximate surface area is 152 Å². The molecule has 0 spiro atoms. The van der Waals surface area contributed by atoms with Gasteiger partial charge in [0.15, 0.2) is 0 Å². The summed E-state index contributed by atoms with van der Waals surface area (Å²) in [7, 11) is 0. The summed E-state index contributed by atoms with van der Waals surface area (Å²) in [5, 5.41) is 20.3. The van der Waals surface area contributed by atoms with Crippen molar-refractivity contribution in [3.63, 3.8) is 0 Å². The first-order valence-electron chi connectivity index (χ1n) is 8.17. The van der Waals surface area contributed by atoms with Gasteiger partial charge in [-0.15, -0.1) is 0 Å². The number of fused-ring (bicyclic) bond motifs is 2. The average Bonchev–Trinajstić information content (AvgIpc) is 3.05. The van der Waals surface area contributed by atoms with Crippen LogP contribution < -0.4 is 5.56 Å². The van der Waals surface area contributed by atoms with Gasteiger partial charge in [0.05, 0.1) is 21.4 Å². The van der Waals surface area contributed by atoms with Gasteiger partial charge in [-0.1, -0.05) is 0 Å². The highest BCUT2D eigenvalue weighted by Gasteiger charge is 2.21. The van der Waals surface area contributed by atoms with Crippen molar-refractivity contribution in [2.75, 3.05) is 0 Å². The van der Waals surface area contributed by atoms with E-state index in [4.69, 9.17) is 5.11 Å². The predicted molar refractivity (Wildman–Crippen MR) is 98.5 cm³/mol. The van der Waals surface area contributed by atoms with E-state index in [0.29, 0.717) is 29.7 Å². The Morgan fingerprint density at radius 2 is 1.96 bits per heavy atom. The molecule has 1 N–H and O–H groups in total. The Kier molecular flexibility index (Phi) is 3.80. The van der Waals surface area contributed by atoms with Crippen molar-refractivity contribution in [1.29, 1.82) is 0 Å². The lowest BCUT2D eigenvalue weighted by Crippen LogP contribution is -2.20. The molecular formula is C19H13N3O5. The molecule has 0 saturated carbocycles. The lowest BCUT2D eigenvalue weighted by atomic mass is 10.1. The van der Waals surface area contributed by atoms with Crippen molar-refractivity contribution in [2.24, 2.45) is 0 Å². The number of nitro groups is 1. The lowest BCUT2D eigenvalue weighted by Gasteiger charge is -2.06. The van der Waals surface area contributed by atoms with Gasteiger partial charge in [-0.3, -0.25) is 19.5 Å². The Hall–Kier alpha value is -3.81. The maximum atomic E-state index is 12.7. The van der Waals surface area contributed by atoms with Crippen LogP contribution in [-0.4, -0.2) is 25.6 Å². The number of nitro benzene ring substituents is 1. The van der Waals surface area contributed by atoms with Crippen molar-refractivity contribution in [3.8, 4) is 0 Å². The molecule has 1 aliphatic heterocycles. The molecule has 1 aliphatic rings. The molecule has 0 amide bonds. The molecule has 0 unspecified atom stereocenters. The van der Waals surface area contributed by atoms with Crippen LogP contribution in [0.5, 0.6) is 0 Å². The summed E-state index contributed by atoms with van der Waals surface area (Å²) in [5.41, 5.74) is 1.78. The van der Waals surface area contributed by atoms with Crippen LogP contribution in [0, 0.1) is 10.1 Å². The zero-order valence-electron chi connectivity index (χ0n) is 14.0. The van der Waals surface area contributed by atoms with Gasteiger partial charge in [0, 0.05) is 18.7 Å². The fraction of sp³-hybridized carbons (Fsp3) is 0.105. The minimum Gasteiger partial charge on any atom is -0.478 e. The predicted octanol–water partition coefficient (Wildman–Crippen LogP) is 2.95. The summed E-state index contributed by atoms with van der Waals surface area (Å²) < 4.78 is 1.57. The topological polar surface area (TPSA) is 115 Å². The maximum Gasteiger partial charge on any atom is 0.335 e. The number of benzene rings is 2. The summed E-state index contributed by atoms with van der Waals surface area (Å²) in [6.07, 6.45) is 2.43. The highest BCUT2D eigenvalue weighted by molar-refractivity contribution is 5.93. The molecule has 0 radical (unpaired) electrons. The molecule has 8 nitrogen and oxygen atoms in total. The number of nitrogens with zero attached hydrogens (tertiary/aromatic N) is 3. The van der Waals surface area contributed by atoms with Gasteiger partial charge < -0.3 is 5.11 Å². The number of non-ortho nitro benzene ring substituents is 1. The van der Waals surface area contributed by atoms with E-state index >= 15 is 0 Å². The summed E-state index contributed by atoms with van der Waals surface area (Å²) in [5.74, 6) is -0.589. The quantitative estimate of drug-likeness (QED) is 0.565. The Morgan fingerprint density at radius 1 is 1.22 bits per heavy atom. The molecule has 0 fully saturated rings. The van der Waals surface area contributed by atoms with Crippen LogP contribution in [-0.2, 0) is 6.54 Å². The van der Waals surface area contributed by atoms with Crippen LogP contribution in [0.3, 0.4) is 0 Å². The monoisotopic (exact) mass is 363 g/mol. The van der Waals surface area contributed by atoms with E-state index in [9.17, 15) is 19.7 Å². The lowest BCUT2D eigenvalue weighted by molar-refractivity contribution is -0.384. The molecule has 0 atom stereocenters. The molecule has 2 heterocycles. The van der Waals surface area contributed by atoms with E-state index in [-0.39, 0.29) is 16.8 Å². The third-order valence-corrected chi connectivity index (χ3v) is 4.54. The normalized spacial score (nSPS) is 14.4. The van der Waals surface area contributed by atoms with Crippen LogP contribution in [0.2, 0.25) is 0 Å². The molecule has 27 heavy (non-hydrogen) atoms. The minimum absolute atomic E-state index is 0.00510. The van der Waals surface area contributed by atoms with E-state index in [1.54, 1.807) is 16.7 Å². The van der Waals surface area contributed by atoms with Gasteiger partial charge in [0.25, 0.3) is 11.2 Å². The first-order valence-corrected chi connectivity index (χ1v) is 8.17. The molecule has 4 rings (SSSR count). The number of hydrogen-bond donors (Lipinski definition) is 1. The molecule has 0 bridgehead atoms. The van der Waals surface area contributed by atoms with Gasteiger partial charge in [0.2, 0.25) is 0 Å². The van der Waals surface area contributed by atoms with Crippen LogP contribution >= 0.6 is 0 Å². The molecule has 0 aliphatic carbocycles. The molecule has 8 heteroatoms. The second kappa shape index (κ2) is 6.17. The number of rotatable bonds is 3. The zero-order valence-corrected chi connectivity index (χ0v) is 14.0. The van der Waals surface area contributed by atoms with Crippen LogP contribution in [0.15, 0.2) is 47.3 Å². The van der Waals surface area contributed by atoms with E-state index < -0.39 is 10.9 Å². The smallest absolute Gasteiger partial charge is 0.335 e. The van der Waals surface area contributed by atoms with Crippen molar-refractivity contribution in [3.05, 3.63) is 79.9 Å². The molecule has 0 saturated heterocycles. The number of carbonyl (C=O) groups is 1. The Morgan fingerprint density at radius 3 is 2.63 bits per heavy atom. The summed E-state index contributed by atoms with van der Waals surface area (Å²) in [6, 6.07) is 10.4. The first kappa shape index (κ1) is 16.6. The molecular weight excluding hydrogens is 350 g/mol. The van der Waals surface area contributed by atoms with E-state index in [2.05, 4.69) is 4.98 Å². The molecule has 2 aromatic carbocycles. The van der Waals surface area contributed by atoms with E-state index in [1.807, 2.05) is 6.08 Å². The number of carboxylic acids is 1. The number of carboxylic acid groups (broad SMARTS) is 1. The molecule has 134 valence electrons. The van der Waals surface area contributed by atoms with Gasteiger partial charge in [0.1, 0.15) is 5.82 Å². The summed E-state index contributed by atoms with van der Waals surface area (Å²) >= 11 is 0. The highest BCUT2D eigenvalue weighted by atomic mass is 16.6. The van der Waals surface area contributed by atoms with Crippen molar-refractivity contribution in [1.82, 2.24) is 9.55 Å². The van der Waals surface area contributed by atoms with E-state index in [1.165, 1.54) is 30.3 Å². The first-order chi connectivity index (χ1) is 12.9. The number of aromatic nitrogens is 2. The molecule has 3 aromatic rings. The standard InChI is InChI=1S/C19H13N3O5/c23-18-15-6-3-13(19(24)25)10-16(15)20-17-12(7-8-21(17)18)9-11-1-4-14(5-2-11)22(26)27/h1-6,9-10H,7-8H2,(H,24,25)/b12-9-. The Bertz CT molecular complexity index is 1190. The number of hydrogen-bond acceptors (Lipinski definition) is 5. The van der Waals surface area contributed by atoms with Gasteiger partial charge in [-0.05, 0) is 54.0 Å². The number of allylic oxidation sites excluding steroid dienone is 1. The zero-order chi connectivity index (χ0) is 19.1. The van der Waals surface area contributed by atoms with Crippen molar-refractivity contribution >= 4 is 34.2 Å². The van der Waals surface area contributed by atoms with Crippen LogP contribution in [0.4, 0.5) is 5.69 Å². The fourth-order valence-electron chi connectivity index (χ4n) is 3.18. The van der Waals surface area contributed by atoms with Gasteiger partial charge in [-0.2, -0.15) is 0 Å². The second-order valence-corrected chi connectivity index (χ2v) is 6.20. The van der Waals surface area contributed by atoms with E-state index in [0.717, 1.165) is 11.1 Å². The fourth-order valence-corrected chi connectivity index (χ4v) is 3.18. The summed E-state index contributed by atoms with van der Waals surface area (Å²) in [6.45, 7) is 0.483. The van der Waals surface area contributed by atoms with Crippen molar-refractivity contribution in [2.45, 2.75) is 13.0 Å².